The van der Waals surface area contributed by atoms with Crippen molar-refractivity contribution in [1.29, 1.82) is 0 Å². The van der Waals surface area contributed by atoms with E-state index in [0.717, 1.165) is 6.07 Å². The first-order valence-corrected chi connectivity index (χ1v) is 5.91. The standard InChI is InChI=1S/C10H10F4OS/c11-8-3-1-4-9(7-8)16(15)6-2-5-10(12,13)14/h1,3-4,7H,2,5-6H2. The highest BCUT2D eigenvalue weighted by molar-refractivity contribution is 7.85. The van der Waals surface area contributed by atoms with Crippen LogP contribution in [0.5, 0.6) is 0 Å². The minimum atomic E-state index is -4.23. The molecule has 1 aromatic rings. The van der Waals surface area contributed by atoms with E-state index in [-0.39, 0.29) is 17.1 Å². The zero-order valence-electron chi connectivity index (χ0n) is 8.26. The largest absolute Gasteiger partial charge is 0.389 e. The van der Waals surface area contributed by atoms with Gasteiger partial charge >= 0.3 is 6.18 Å². The molecule has 90 valence electrons. The Morgan fingerprint density at radius 2 is 1.94 bits per heavy atom. The quantitative estimate of drug-likeness (QED) is 0.754. The lowest BCUT2D eigenvalue weighted by Gasteiger charge is -2.05. The molecule has 1 nitrogen and oxygen atoms in total. The van der Waals surface area contributed by atoms with Crippen LogP contribution in [0.4, 0.5) is 17.6 Å². The summed E-state index contributed by atoms with van der Waals surface area (Å²) in [5, 5.41) is 0. The lowest BCUT2D eigenvalue weighted by atomic mass is 10.3. The molecule has 0 saturated carbocycles. The number of hydrogen-bond donors (Lipinski definition) is 0. The van der Waals surface area contributed by atoms with Crippen LogP contribution >= 0.6 is 0 Å². The molecule has 1 aromatic carbocycles. The molecule has 0 radical (unpaired) electrons. The normalized spacial score (nSPS) is 13.8. The Labute approximate surface area is 92.9 Å². The smallest absolute Gasteiger partial charge is 0.254 e. The van der Waals surface area contributed by atoms with Crippen LogP contribution in [0.15, 0.2) is 29.2 Å². The van der Waals surface area contributed by atoms with Gasteiger partial charge in [0.05, 0.1) is 10.8 Å². The Bertz CT molecular complexity index is 375. The fourth-order valence-corrected chi connectivity index (χ4v) is 2.25. The van der Waals surface area contributed by atoms with E-state index in [1.807, 2.05) is 0 Å². The molecule has 0 aliphatic carbocycles. The van der Waals surface area contributed by atoms with Crippen LogP contribution in [-0.2, 0) is 10.8 Å². The highest BCUT2D eigenvalue weighted by atomic mass is 32.2. The number of halogens is 4. The van der Waals surface area contributed by atoms with Gasteiger partial charge in [-0.05, 0) is 24.6 Å². The third kappa shape index (κ3) is 4.74. The summed E-state index contributed by atoms with van der Waals surface area (Å²) < 4.78 is 59.6. The van der Waals surface area contributed by atoms with Crippen molar-refractivity contribution in [3.05, 3.63) is 30.1 Å². The Morgan fingerprint density at radius 3 is 2.50 bits per heavy atom. The molecule has 16 heavy (non-hydrogen) atoms. The molecule has 0 bridgehead atoms. The summed E-state index contributed by atoms with van der Waals surface area (Å²) in [5.74, 6) is -0.648. The van der Waals surface area contributed by atoms with E-state index in [1.165, 1.54) is 18.2 Å². The van der Waals surface area contributed by atoms with E-state index >= 15 is 0 Å². The van der Waals surface area contributed by atoms with Crippen LogP contribution in [0.3, 0.4) is 0 Å². The first-order chi connectivity index (χ1) is 7.38. The first-order valence-electron chi connectivity index (χ1n) is 4.59. The van der Waals surface area contributed by atoms with Gasteiger partial charge in [0.1, 0.15) is 5.82 Å². The Morgan fingerprint density at radius 1 is 1.25 bits per heavy atom. The van der Waals surface area contributed by atoms with Crippen LogP contribution in [0.1, 0.15) is 12.8 Å². The summed E-state index contributed by atoms with van der Waals surface area (Å²) in [6.45, 7) is 0. The molecule has 1 atom stereocenters. The van der Waals surface area contributed by atoms with Crippen LogP contribution in [-0.4, -0.2) is 16.1 Å². The van der Waals surface area contributed by atoms with Gasteiger partial charge in [-0.2, -0.15) is 13.2 Å². The molecule has 6 heteroatoms. The minimum absolute atomic E-state index is 0.108. The van der Waals surface area contributed by atoms with Gasteiger partial charge in [-0.1, -0.05) is 6.07 Å². The molecule has 0 heterocycles. The zero-order chi connectivity index (χ0) is 12.2. The van der Waals surface area contributed by atoms with Crippen LogP contribution in [0.2, 0.25) is 0 Å². The van der Waals surface area contributed by atoms with Gasteiger partial charge in [-0.3, -0.25) is 4.21 Å². The monoisotopic (exact) mass is 254 g/mol. The molecule has 1 unspecified atom stereocenters. The molecule has 0 aliphatic heterocycles. The summed E-state index contributed by atoms with van der Waals surface area (Å²) in [4.78, 5) is 0.224. The Hall–Kier alpha value is -0.910. The maximum absolute atomic E-state index is 12.7. The van der Waals surface area contributed by atoms with Crippen LogP contribution in [0, 0.1) is 5.82 Å². The van der Waals surface area contributed by atoms with Gasteiger partial charge in [0.25, 0.3) is 0 Å². The molecule has 0 aliphatic rings. The average Bonchev–Trinajstić information content (AvgIpc) is 2.15. The van der Waals surface area contributed by atoms with Crippen molar-refractivity contribution in [3.63, 3.8) is 0 Å². The molecule has 1 rings (SSSR count). The van der Waals surface area contributed by atoms with E-state index in [2.05, 4.69) is 0 Å². The Balaban J connectivity index is 2.47. The maximum atomic E-state index is 12.7. The highest BCUT2D eigenvalue weighted by Crippen LogP contribution is 2.22. The summed E-state index contributed by atoms with van der Waals surface area (Å²) in [6.07, 6.45) is -5.41. The average molecular weight is 254 g/mol. The zero-order valence-corrected chi connectivity index (χ0v) is 9.08. The summed E-state index contributed by atoms with van der Waals surface area (Å²) in [5.41, 5.74) is 0. The van der Waals surface area contributed by atoms with Crippen molar-refractivity contribution >= 4 is 10.8 Å². The number of hydrogen-bond acceptors (Lipinski definition) is 1. The predicted molar refractivity (Wildman–Crippen MR) is 53.0 cm³/mol. The molecule has 0 fully saturated rings. The first kappa shape index (κ1) is 13.2. The second-order valence-electron chi connectivity index (χ2n) is 3.23. The fraction of sp³-hybridized carbons (Fsp3) is 0.400. The van der Waals surface area contributed by atoms with Crippen molar-refractivity contribution in [2.24, 2.45) is 0 Å². The summed E-state index contributed by atoms with van der Waals surface area (Å²) in [7, 11) is -1.57. The summed E-state index contributed by atoms with van der Waals surface area (Å²) >= 11 is 0. The maximum Gasteiger partial charge on any atom is 0.389 e. The van der Waals surface area contributed by atoms with Gasteiger partial charge in [0.2, 0.25) is 0 Å². The second-order valence-corrected chi connectivity index (χ2v) is 4.80. The third-order valence-corrected chi connectivity index (χ3v) is 3.29. The second kappa shape index (κ2) is 5.43. The highest BCUT2D eigenvalue weighted by Gasteiger charge is 2.26. The van der Waals surface area contributed by atoms with Gasteiger partial charge in [-0.15, -0.1) is 0 Å². The van der Waals surface area contributed by atoms with Crippen LogP contribution < -0.4 is 0 Å². The number of alkyl halides is 3. The van der Waals surface area contributed by atoms with E-state index in [4.69, 9.17) is 0 Å². The van der Waals surface area contributed by atoms with Gasteiger partial charge < -0.3 is 0 Å². The molecule has 0 aromatic heterocycles. The van der Waals surface area contributed by atoms with E-state index < -0.39 is 29.2 Å². The minimum Gasteiger partial charge on any atom is -0.254 e. The number of rotatable bonds is 4. The molecule has 0 saturated heterocycles. The topological polar surface area (TPSA) is 17.1 Å². The van der Waals surface area contributed by atoms with Crippen molar-refractivity contribution in [3.8, 4) is 0 Å². The fourth-order valence-electron chi connectivity index (χ4n) is 1.13. The van der Waals surface area contributed by atoms with E-state index in [0.29, 0.717) is 0 Å². The van der Waals surface area contributed by atoms with Crippen molar-refractivity contribution < 1.29 is 21.8 Å². The van der Waals surface area contributed by atoms with E-state index in [1.54, 1.807) is 0 Å². The van der Waals surface area contributed by atoms with Crippen molar-refractivity contribution in [1.82, 2.24) is 0 Å². The molecular weight excluding hydrogens is 244 g/mol. The van der Waals surface area contributed by atoms with Gasteiger partial charge in [0.15, 0.2) is 0 Å². The number of benzene rings is 1. The van der Waals surface area contributed by atoms with Crippen molar-refractivity contribution in [2.45, 2.75) is 23.9 Å². The SMILES string of the molecule is O=S(CCCC(F)(F)F)c1cccc(F)c1. The summed E-state index contributed by atoms with van der Waals surface area (Å²) in [6, 6.07) is 5.08. The Kier molecular flexibility index (Phi) is 4.46. The van der Waals surface area contributed by atoms with Gasteiger partial charge in [0, 0.05) is 17.1 Å². The van der Waals surface area contributed by atoms with E-state index in [9.17, 15) is 21.8 Å². The molecule has 0 N–H and O–H groups in total. The lowest BCUT2D eigenvalue weighted by Crippen LogP contribution is -2.09. The molecular formula is C10H10F4OS. The third-order valence-electron chi connectivity index (χ3n) is 1.85. The molecule has 0 spiro atoms. The molecule has 0 amide bonds. The van der Waals surface area contributed by atoms with Crippen molar-refractivity contribution in [2.75, 3.05) is 5.75 Å². The van der Waals surface area contributed by atoms with Gasteiger partial charge in [-0.25, -0.2) is 4.39 Å². The lowest BCUT2D eigenvalue weighted by molar-refractivity contribution is -0.134. The predicted octanol–water partition coefficient (Wildman–Crippen LogP) is 3.28. The van der Waals surface area contributed by atoms with Crippen LogP contribution in [0.25, 0.3) is 0 Å².